The second-order valence-corrected chi connectivity index (χ2v) is 5.00. The number of benzene rings is 1. The van der Waals surface area contributed by atoms with Gasteiger partial charge in [0.05, 0.1) is 6.61 Å². The van der Waals surface area contributed by atoms with Crippen LogP contribution in [0.25, 0.3) is 0 Å². The largest absolute Gasteiger partial charge is 0.493 e. The number of fused-ring (bicyclic) bond motifs is 1. The van der Waals surface area contributed by atoms with Gasteiger partial charge in [0.1, 0.15) is 11.9 Å². The van der Waals surface area contributed by atoms with Crippen LogP contribution in [0.2, 0.25) is 0 Å². The summed E-state index contributed by atoms with van der Waals surface area (Å²) in [5.41, 5.74) is 4.79. The molecule has 2 aromatic rings. The number of ether oxygens (including phenoxy) is 1. The van der Waals surface area contributed by atoms with Crippen molar-refractivity contribution in [1.29, 1.82) is 0 Å². The first-order valence-corrected chi connectivity index (χ1v) is 6.53. The Morgan fingerprint density at radius 2 is 2.05 bits per heavy atom. The molecule has 0 saturated heterocycles. The summed E-state index contributed by atoms with van der Waals surface area (Å²) in [5, 5.41) is 10.5. The van der Waals surface area contributed by atoms with E-state index in [-0.39, 0.29) is 0 Å². The molecule has 1 N–H and O–H groups in total. The van der Waals surface area contributed by atoms with Gasteiger partial charge in [-0.05, 0) is 43.2 Å². The van der Waals surface area contributed by atoms with Crippen molar-refractivity contribution in [1.82, 2.24) is 4.98 Å². The van der Waals surface area contributed by atoms with Gasteiger partial charge in [0.25, 0.3) is 0 Å². The first-order valence-electron chi connectivity index (χ1n) is 6.53. The Labute approximate surface area is 112 Å². The minimum atomic E-state index is -0.626. The van der Waals surface area contributed by atoms with Crippen LogP contribution in [0.1, 0.15) is 34.2 Å². The quantitative estimate of drug-likeness (QED) is 0.897. The highest BCUT2D eigenvalue weighted by Crippen LogP contribution is 2.31. The van der Waals surface area contributed by atoms with E-state index in [9.17, 15) is 5.11 Å². The van der Waals surface area contributed by atoms with Crippen LogP contribution in [-0.4, -0.2) is 16.7 Å². The van der Waals surface area contributed by atoms with Crippen molar-refractivity contribution in [2.24, 2.45) is 0 Å². The number of aromatic nitrogens is 1. The number of aliphatic hydroxyl groups is 1. The molecule has 0 bridgehead atoms. The van der Waals surface area contributed by atoms with E-state index in [2.05, 4.69) is 4.98 Å². The first-order chi connectivity index (χ1) is 9.15. The minimum absolute atomic E-state index is 0.626. The Morgan fingerprint density at radius 1 is 1.21 bits per heavy atom. The number of hydrogen-bond acceptors (Lipinski definition) is 3. The maximum absolute atomic E-state index is 10.5. The lowest BCUT2D eigenvalue weighted by molar-refractivity contribution is 0.219. The van der Waals surface area contributed by atoms with Crippen LogP contribution in [0.3, 0.4) is 0 Å². The SMILES string of the molecule is Cc1ccc(C(O)c2ccc3c(c2)CCO3)c(C)n1. The molecule has 1 atom stereocenters. The van der Waals surface area contributed by atoms with E-state index < -0.39 is 6.10 Å². The molecule has 1 aliphatic rings. The van der Waals surface area contributed by atoms with Crippen LogP contribution in [-0.2, 0) is 6.42 Å². The summed E-state index contributed by atoms with van der Waals surface area (Å²) < 4.78 is 5.48. The van der Waals surface area contributed by atoms with Gasteiger partial charge in [0, 0.05) is 23.4 Å². The van der Waals surface area contributed by atoms with Crippen LogP contribution in [0.5, 0.6) is 5.75 Å². The van der Waals surface area contributed by atoms with Crippen molar-refractivity contribution in [3.63, 3.8) is 0 Å². The van der Waals surface area contributed by atoms with Crippen molar-refractivity contribution in [2.45, 2.75) is 26.4 Å². The Hall–Kier alpha value is -1.87. The van der Waals surface area contributed by atoms with Gasteiger partial charge in [0.2, 0.25) is 0 Å². The number of nitrogens with zero attached hydrogens (tertiary/aromatic N) is 1. The molecule has 1 unspecified atom stereocenters. The highest BCUT2D eigenvalue weighted by molar-refractivity contribution is 5.43. The molecule has 3 heteroatoms. The molecule has 98 valence electrons. The zero-order valence-corrected chi connectivity index (χ0v) is 11.2. The second kappa shape index (κ2) is 4.67. The fourth-order valence-electron chi connectivity index (χ4n) is 2.54. The molecule has 1 aromatic carbocycles. The van der Waals surface area contributed by atoms with Crippen molar-refractivity contribution < 1.29 is 9.84 Å². The fourth-order valence-corrected chi connectivity index (χ4v) is 2.54. The van der Waals surface area contributed by atoms with Crippen LogP contribution in [0, 0.1) is 13.8 Å². The van der Waals surface area contributed by atoms with E-state index in [0.717, 1.165) is 41.3 Å². The Kier molecular flexibility index (Phi) is 2.99. The van der Waals surface area contributed by atoms with Gasteiger partial charge in [-0.15, -0.1) is 0 Å². The molecular formula is C16H17NO2. The minimum Gasteiger partial charge on any atom is -0.493 e. The van der Waals surface area contributed by atoms with Crippen molar-refractivity contribution in [3.8, 4) is 5.75 Å². The third kappa shape index (κ3) is 2.22. The molecule has 0 amide bonds. The van der Waals surface area contributed by atoms with E-state index in [1.54, 1.807) is 0 Å². The third-order valence-electron chi connectivity index (χ3n) is 3.59. The molecule has 19 heavy (non-hydrogen) atoms. The van der Waals surface area contributed by atoms with Crippen LogP contribution in [0.15, 0.2) is 30.3 Å². The molecule has 0 spiro atoms. The zero-order valence-electron chi connectivity index (χ0n) is 11.2. The molecule has 0 fully saturated rings. The molecule has 3 nitrogen and oxygen atoms in total. The van der Waals surface area contributed by atoms with Crippen LogP contribution in [0.4, 0.5) is 0 Å². The predicted molar refractivity (Wildman–Crippen MR) is 73.4 cm³/mol. The van der Waals surface area contributed by atoms with Gasteiger partial charge in [0.15, 0.2) is 0 Å². The highest BCUT2D eigenvalue weighted by Gasteiger charge is 2.18. The lowest BCUT2D eigenvalue weighted by Gasteiger charge is -2.15. The summed E-state index contributed by atoms with van der Waals surface area (Å²) in [6.45, 7) is 4.62. The van der Waals surface area contributed by atoms with Gasteiger partial charge in [-0.2, -0.15) is 0 Å². The molecule has 3 rings (SSSR count). The van der Waals surface area contributed by atoms with Gasteiger partial charge in [-0.1, -0.05) is 12.1 Å². The number of pyridine rings is 1. The summed E-state index contributed by atoms with van der Waals surface area (Å²) in [6.07, 6.45) is 0.292. The maximum Gasteiger partial charge on any atom is 0.122 e. The van der Waals surface area contributed by atoms with E-state index >= 15 is 0 Å². The van der Waals surface area contributed by atoms with Gasteiger partial charge >= 0.3 is 0 Å². The molecule has 2 heterocycles. The van der Waals surface area contributed by atoms with Gasteiger partial charge in [-0.25, -0.2) is 0 Å². The molecule has 0 saturated carbocycles. The summed E-state index contributed by atoms with van der Waals surface area (Å²) in [5.74, 6) is 0.940. The summed E-state index contributed by atoms with van der Waals surface area (Å²) in [6, 6.07) is 9.78. The monoisotopic (exact) mass is 255 g/mol. The van der Waals surface area contributed by atoms with Crippen LogP contribution < -0.4 is 4.74 Å². The molecule has 1 aliphatic heterocycles. The fraction of sp³-hybridized carbons (Fsp3) is 0.312. The lowest BCUT2D eigenvalue weighted by Crippen LogP contribution is -2.04. The number of aryl methyl sites for hydroxylation is 2. The van der Waals surface area contributed by atoms with E-state index in [4.69, 9.17) is 4.74 Å². The summed E-state index contributed by atoms with van der Waals surface area (Å²) >= 11 is 0. The second-order valence-electron chi connectivity index (χ2n) is 5.00. The highest BCUT2D eigenvalue weighted by atomic mass is 16.5. The Bertz CT molecular complexity index is 622. The third-order valence-corrected chi connectivity index (χ3v) is 3.59. The number of rotatable bonds is 2. The lowest BCUT2D eigenvalue weighted by atomic mass is 9.98. The normalized spacial score (nSPS) is 14.9. The predicted octanol–water partition coefficient (Wildman–Crippen LogP) is 2.72. The maximum atomic E-state index is 10.5. The van der Waals surface area contributed by atoms with Crippen molar-refractivity contribution in [3.05, 3.63) is 58.4 Å². The molecule has 0 aliphatic carbocycles. The molecule has 1 aromatic heterocycles. The Balaban J connectivity index is 1.97. The standard InChI is InChI=1S/C16H17NO2/c1-10-3-5-14(11(2)17-10)16(18)13-4-6-15-12(9-13)7-8-19-15/h3-6,9,16,18H,7-8H2,1-2H3. The topological polar surface area (TPSA) is 42.4 Å². The smallest absolute Gasteiger partial charge is 0.122 e. The Morgan fingerprint density at radius 3 is 2.84 bits per heavy atom. The summed E-state index contributed by atoms with van der Waals surface area (Å²) in [7, 11) is 0. The van der Waals surface area contributed by atoms with E-state index in [1.165, 1.54) is 5.56 Å². The van der Waals surface area contributed by atoms with Crippen LogP contribution >= 0.6 is 0 Å². The average Bonchev–Trinajstić information content (AvgIpc) is 2.85. The van der Waals surface area contributed by atoms with E-state index in [1.807, 2.05) is 44.2 Å². The zero-order chi connectivity index (χ0) is 13.4. The summed E-state index contributed by atoms with van der Waals surface area (Å²) in [4.78, 5) is 4.41. The van der Waals surface area contributed by atoms with Crippen molar-refractivity contribution >= 4 is 0 Å². The first kappa shape index (κ1) is 12.2. The van der Waals surface area contributed by atoms with E-state index in [0.29, 0.717) is 0 Å². The molecular weight excluding hydrogens is 238 g/mol. The number of aliphatic hydroxyl groups excluding tert-OH is 1. The van der Waals surface area contributed by atoms with Gasteiger partial charge < -0.3 is 9.84 Å². The average molecular weight is 255 g/mol. The van der Waals surface area contributed by atoms with Gasteiger partial charge in [-0.3, -0.25) is 4.98 Å². The van der Waals surface area contributed by atoms with Crippen molar-refractivity contribution in [2.75, 3.05) is 6.61 Å². The molecule has 0 radical (unpaired) electrons. The number of hydrogen-bond donors (Lipinski definition) is 1.